The van der Waals surface area contributed by atoms with Gasteiger partial charge in [-0.3, -0.25) is 9.48 Å². The molecular formula is C25H37N7O6S. The second-order valence-electron chi connectivity index (χ2n) is 9.37. The Labute approximate surface area is 228 Å². The van der Waals surface area contributed by atoms with Gasteiger partial charge in [0.2, 0.25) is 15.9 Å². The molecule has 13 nitrogen and oxygen atoms in total. The summed E-state index contributed by atoms with van der Waals surface area (Å²) in [6, 6.07) is 1.47. The van der Waals surface area contributed by atoms with E-state index < -0.39 is 15.6 Å². The topological polar surface area (TPSA) is 145 Å². The zero-order valence-corrected chi connectivity index (χ0v) is 24.0. The molecule has 1 aliphatic rings. The average Bonchev–Trinajstić information content (AvgIpc) is 3.30. The molecule has 14 heteroatoms. The van der Waals surface area contributed by atoms with Crippen LogP contribution in [0.3, 0.4) is 0 Å². The minimum Gasteiger partial charge on any atom is -0.472 e. The van der Waals surface area contributed by atoms with Gasteiger partial charge in [0.15, 0.2) is 5.52 Å². The highest BCUT2D eigenvalue weighted by Gasteiger charge is 2.30. The van der Waals surface area contributed by atoms with Gasteiger partial charge >= 0.3 is 0 Å². The summed E-state index contributed by atoms with van der Waals surface area (Å²) in [4.78, 5) is 27.2. The molecule has 1 fully saturated rings. The number of ether oxygens (including phenoxy) is 3. The van der Waals surface area contributed by atoms with E-state index in [2.05, 4.69) is 26.9 Å². The van der Waals surface area contributed by atoms with E-state index in [4.69, 9.17) is 19.2 Å². The smallest absolute Gasteiger partial charge is 0.279 e. The van der Waals surface area contributed by atoms with Gasteiger partial charge in [-0.15, -0.1) is 0 Å². The van der Waals surface area contributed by atoms with Crippen LogP contribution in [0.1, 0.15) is 26.5 Å². The van der Waals surface area contributed by atoms with E-state index in [1.807, 2.05) is 6.92 Å². The zero-order chi connectivity index (χ0) is 28.2. The van der Waals surface area contributed by atoms with Crippen molar-refractivity contribution < 1.29 is 22.6 Å². The maximum atomic E-state index is 13.6. The molecule has 0 bridgehead atoms. The number of nitrogens with one attached hydrogen (secondary N) is 1. The molecule has 3 aromatic heterocycles. The van der Waals surface area contributed by atoms with Crippen LogP contribution < -0.4 is 10.3 Å². The SMILES string of the molecule is CCc1c2nc(-c3cc(S(=O)(=O)N4CCN(CC)CC4)cnc3O[C@H](C)COC)[nH]c(=O)c2nn1CCOC. The highest BCUT2D eigenvalue weighted by Crippen LogP contribution is 2.31. The molecule has 214 valence electrons. The number of pyridine rings is 1. The third-order valence-corrected chi connectivity index (χ3v) is 8.62. The molecule has 1 N–H and O–H groups in total. The molecule has 0 saturated carbocycles. The van der Waals surface area contributed by atoms with Gasteiger partial charge < -0.3 is 24.1 Å². The summed E-state index contributed by atoms with van der Waals surface area (Å²) < 4.78 is 46.7. The van der Waals surface area contributed by atoms with Crippen molar-refractivity contribution in [2.75, 3.05) is 60.2 Å². The molecule has 1 saturated heterocycles. The van der Waals surface area contributed by atoms with Crippen molar-refractivity contribution >= 4 is 21.1 Å². The summed E-state index contributed by atoms with van der Waals surface area (Å²) in [5, 5.41) is 4.44. The van der Waals surface area contributed by atoms with E-state index in [9.17, 15) is 13.2 Å². The molecule has 0 unspecified atom stereocenters. The first kappa shape index (κ1) is 29.1. The Balaban J connectivity index is 1.82. The van der Waals surface area contributed by atoms with E-state index in [1.165, 1.54) is 16.6 Å². The summed E-state index contributed by atoms with van der Waals surface area (Å²) in [6.45, 7) is 9.95. The Morgan fingerprint density at radius 2 is 1.85 bits per heavy atom. The Bertz CT molecular complexity index is 1450. The number of nitrogens with zero attached hydrogens (tertiary/aromatic N) is 6. The quantitative estimate of drug-likeness (QED) is 0.340. The number of methoxy groups -OCH3 is 2. The van der Waals surface area contributed by atoms with Crippen LogP contribution in [0.25, 0.3) is 22.4 Å². The molecule has 1 aliphatic heterocycles. The number of H-pyrrole nitrogens is 1. The van der Waals surface area contributed by atoms with Crippen LogP contribution in [0.4, 0.5) is 0 Å². The normalized spacial score (nSPS) is 16.1. The lowest BCUT2D eigenvalue weighted by atomic mass is 10.2. The molecule has 3 aromatic rings. The Morgan fingerprint density at radius 1 is 1.10 bits per heavy atom. The van der Waals surface area contributed by atoms with Crippen molar-refractivity contribution in [3.63, 3.8) is 0 Å². The van der Waals surface area contributed by atoms with Crippen LogP contribution >= 0.6 is 0 Å². The number of rotatable bonds is 12. The lowest BCUT2D eigenvalue weighted by molar-refractivity contribution is 0.0893. The first-order chi connectivity index (χ1) is 18.7. The maximum Gasteiger partial charge on any atom is 0.279 e. The fourth-order valence-corrected chi connectivity index (χ4v) is 6.03. The second kappa shape index (κ2) is 12.5. The van der Waals surface area contributed by atoms with Crippen LogP contribution in [-0.2, 0) is 32.5 Å². The number of aryl methyl sites for hydroxylation is 1. The first-order valence-electron chi connectivity index (χ1n) is 13.1. The minimum atomic E-state index is -3.84. The number of aromatic amines is 1. The monoisotopic (exact) mass is 563 g/mol. The zero-order valence-electron chi connectivity index (χ0n) is 23.1. The van der Waals surface area contributed by atoms with E-state index in [0.717, 1.165) is 12.2 Å². The molecule has 0 spiro atoms. The standard InChI is InChI=1S/C25H37N7O6S/c1-6-20-21-22(29-32(20)12-13-36-4)24(33)28-23(27-21)19-14-18(15-26-25(19)38-17(3)16-37-5)39(34,35)31-10-8-30(7-2)9-11-31/h14-15,17H,6-13,16H2,1-5H3,(H,27,28,33)/t17-/m1/s1. The van der Waals surface area contributed by atoms with Crippen LogP contribution in [0.15, 0.2) is 22.0 Å². The highest BCUT2D eigenvalue weighted by molar-refractivity contribution is 7.89. The maximum absolute atomic E-state index is 13.6. The molecule has 0 aromatic carbocycles. The fourth-order valence-electron chi connectivity index (χ4n) is 4.64. The summed E-state index contributed by atoms with van der Waals surface area (Å²) >= 11 is 0. The van der Waals surface area contributed by atoms with Gasteiger partial charge in [-0.2, -0.15) is 9.40 Å². The summed E-state index contributed by atoms with van der Waals surface area (Å²) in [6.07, 6.45) is 1.49. The van der Waals surface area contributed by atoms with Gasteiger partial charge in [0.1, 0.15) is 22.3 Å². The van der Waals surface area contributed by atoms with E-state index in [1.54, 1.807) is 25.8 Å². The number of hydrogen-bond acceptors (Lipinski definition) is 10. The minimum absolute atomic E-state index is 0.00319. The number of fused-ring (bicyclic) bond motifs is 1. The number of likely N-dealkylation sites (N-methyl/N-ethyl adjacent to an activating group) is 1. The van der Waals surface area contributed by atoms with Crippen molar-refractivity contribution in [1.29, 1.82) is 0 Å². The van der Waals surface area contributed by atoms with E-state index >= 15 is 0 Å². The third kappa shape index (κ3) is 6.14. The van der Waals surface area contributed by atoms with Crippen molar-refractivity contribution in [2.45, 2.75) is 44.7 Å². The van der Waals surface area contributed by atoms with Gasteiger partial charge in [-0.05, 0) is 26.0 Å². The number of hydrogen-bond donors (Lipinski definition) is 1. The van der Waals surface area contributed by atoms with Gasteiger partial charge in [-0.25, -0.2) is 18.4 Å². The average molecular weight is 564 g/mol. The molecule has 0 amide bonds. The summed E-state index contributed by atoms with van der Waals surface area (Å²) in [7, 11) is -0.680. The molecule has 0 aliphatic carbocycles. The molecule has 4 rings (SSSR count). The predicted molar refractivity (Wildman–Crippen MR) is 145 cm³/mol. The molecular weight excluding hydrogens is 526 g/mol. The molecule has 1 atom stereocenters. The number of piperazine rings is 1. The molecule has 39 heavy (non-hydrogen) atoms. The van der Waals surface area contributed by atoms with Crippen LogP contribution in [-0.4, -0.2) is 109 Å². The number of aromatic nitrogens is 5. The van der Waals surface area contributed by atoms with Gasteiger partial charge in [0, 0.05) is 40.4 Å². The first-order valence-corrected chi connectivity index (χ1v) is 14.5. The molecule has 4 heterocycles. The van der Waals surface area contributed by atoms with Crippen LogP contribution in [0.2, 0.25) is 0 Å². The van der Waals surface area contributed by atoms with Gasteiger partial charge in [0.05, 0.1) is 37.2 Å². The second-order valence-corrected chi connectivity index (χ2v) is 11.3. The van der Waals surface area contributed by atoms with Crippen molar-refractivity contribution in [2.24, 2.45) is 0 Å². The highest BCUT2D eigenvalue weighted by atomic mass is 32.2. The number of sulfonamides is 1. The van der Waals surface area contributed by atoms with Crippen LogP contribution in [0.5, 0.6) is 5.88 Å². The van der Waals surface area contributed by atoms with E-state index in [-0.39, 0.29) is 40.4 Å². The lowest BCUT2D eigenvalue weighted by Crippen LogP contribution is -2.48. The fraction of sp³-hybridized carbons (Fsp3) is 0.600. The Hall–Kier alpha value is -2.91. The summed E-state index contributed by atoms with van der Waals surface area (Å²) in [5.41, 5.74) is 1.23. The Morgan fingerprint density at radius 3 is 2.49 bits per heavy atom. The third-order valence-electron chi connectivity index (χ3n) is 6.75. The van der Waals surface area contributed by atoms with E-state index in [0.29, 0.717) is 51.3 Å². The lowest BCUT2D eigenvalue weighted by Gasteiger charge is -2.33. The van der Waals surface area contributed by atoms with Crippen molar-refractivity contribution in [3.05, 3.63) is 28.3 Å². The molecule has 0 radical (unpaired) electrons. The predicted octanol–water partition coefficient (Wildman–Crippen LogP) is 1.13. The van der Waals surface area contributed by atoms with Crippen LogP contribution in [0, 0.1) is 0 Å². The largest absolute Gasteiger partial charge is 0.472 e. The van der Waals surface area contributed by atoms with Crippen molar-refractivity contribution in [3.8, 4) is 17.3 Å². The Kier molecular flexibility index (Phi) is 9.33. The van der Waals surface area contributed by atoms with Gasteiger partial charge in [-0.1, -0.05) is 13.8 Å². The van der Waals surface area contributed by atoms with Crippen molar-refractivity contribution in [1.82, 2.24) is 33.9 Å². The summed E-state index contributed by atoms with van der Waals surface area (Å²) in [5.74, 6) is 0.287. The van der Waals surface area contributed by atoms with Gasteiger partial charge in [0.25, 0.3) is 5.56 Å².